The van der Waals surface area contributed by atoms with Gasteiger partial charge in [0, 0.05) is 15.8 Å². The summed E-state index contributed by atoms with van der Waals surface area (Å²) in [6.07, 6.45) is 0.110. The van der Waals surface area contributed by atoms with Gasteiger partial charge in [-0.05, 0) is 12.1 Å². The zero-order chi connectivity index (χ0) is 18.9. The molecule has 27 heavy (non-hydrogen) atoms. The molecule has 0 saturated carbocycles. The number of aliphatic hydroxyl groups excluding tert-OH is 1. The van der Waals surface area contributed by atoms with Crippen molar-refractivity contribution in [2.75, 3.05) is 0 Å². The molecular formula is C20H14ClNO3S2. The van der Waals surface area contributed by atoms with E-state index in [1.54, 1.807) is 17.6 Å². The van der Waals surface area contributed by atoms with Crippen molar-refractivity contribution in [1.82, 2.24) is 4.98 Å². The van der Waals surface area contributed by atoms with Crippen LogP contribution in [-0.2, 0) is 15.1 Å². The van der Waals surface area contributed by atoms with Crippen molar-refractivity contribution >= 4 is 40.7 Å². The van der Waals surface area contributed by atoms with E-state index in [9.17, 15) is 9.90 Å². The molecule has 1 N–H and O–H groups in total. The van der Waals surface area contributed by atoms with Crippen LogP contribution in [0.15, 0.2) is 81.0 Å². The van der Waals surface area contributed by atoms with Crippen molar-refractivity contribution in [3.05, 3.63) is 92.4 Å². The summed E-state index contributed by atoms with van der Waals surface area (Å²) in [5.74, 6) is -0.631. The van der Waals surface area contributed by atoms with E-state index in [1.807, 2.05) is 47.8 Å². The lowest BCUT2D eigenvalue weighted by molar-refractivity contribution is -0.154. The Kier molecular flexibility index (Phi) is 4.95. The van der Waals surface area contributed by atoms with Crippen molar-refractivity contribution < 1.29 is 14.6 Å². The number of halogens is 1. The molecule has 0 fully saturated rings. The second-order valence-corrected chi connectivity index (χ2v) is 8.12. The molecule has 0 radical (unpaired) electrons. The number of cyclic esters (lactones) is 1. The summed E-state index contributed by atoms with van der Waals surface area (Å²) in [6, 6.07) is 16.5. The normalized spacial score (nSPS) is 19.8. The Bertz CT molecular complexity index is 1010. The van der Waals surface area contributed by atoms with Crippen LogP contribution in [-0.4, -0.2) is 16.1 Å². The van der Waals surface area contributed by atoms with Crippen LogP contribution < -0.4 is 0 Å². The highest BCUT2D eigenvalue weighted by Gasteiger charge is 2.46. The highest BCUT2D eigenvalue weighted by molar-refractivity contribution is 8.04. The Hall–Kier alpha value is -2.28. The van der Waals surface area contributed by atoms with Gasteiger partial charge < -0.3 is 9.84 Å². The van der Waals surface area contributed by atoms with Crippen LogP contribution in [0.25, 0.3) is 0 Å². The summed E-state index contributed by atoms with van der Waals surface area (Å²) in [5, 5.41) is 13.1. The number of thioether (sulfide) groups is 1. The maximum absolute atomic E-state index is 12.9. The lowest BCUT2D eigenvalue weighted by Crippen LogP contribution is -2.38. The first kappa shape index (κ1) is 18.1. The van der Waals surface area contributed by atoms with Crippen LogP contribution in [0.2, 0.25) is 5.02 Å². The molecule has 1 atom stereocenters. The van der Waals surface area contributed by atoms with E-state index in [-0.39, 0.29) is 17.1 Å². The average Bonchev–Trinajstić information content (AvgIpc) is 3.22. The molecule has 4 nitrogen and oxygen atoms in total. The van der Waals surface area contributed by atoms with E-state index in [1.165, 1.54) is 11.3 Å². The second kappa shape index (κ2) is 7.38. The van der Waals surface area contributed by atoms with Gasteiger partial charge in [0.25, 0.3) is 0 Å². The van der Waals surface area contributed by atoms with Crippen molar-refractivity contribution in [3.63, 3.8) is 0 Å². The van der Waals surface area contributed by atoms with Crippen molar-refractivity contribution in [2.24, 2.45) is 0 Å². The number of rotatable bonds is 4. The first-order valence-corrected chi connectivity index (χ1v) is 10.3. The molecule has 7 heteroatoms. The third-order valence-corrected chi connectivity index (χ3v) is 6.48. The minimum Gasteiger partial charge on any atom is -0.511 e. The molecule has 1 aromatic heterocycles. The molecule has 1 aliphatic heterocycles. The van der Waals surface area contributed by atoms with Crippen LogP contribution in [0.1, 0.15) is 17.7 Å². The largest absolute Gasteiger partial charge is 0.511 e. The van der Waals surface area contributed by atoms with Gasteiger partial charge in [-0.25, -0.2) is 9.78 Å². The zero-order valence-corrected chi connectivity index (χ0v) is 16.4. The number of benzene rings is 2. The molecule has 3 aromatic rings. The SMILES string of the molecule is O=C1OC(c2ccccc2)(c2cscn2)CC(O)=C1Sc1ccccc1Cl. The number of carbonyl (C=O) groups excluding carboxylic acids is 1. The van der Waals surface area contributed by atoms with E-state index in [0.29, 0.717) is 15.6 Å². The van der Waals surface area contributed by atoms with Gasteiger partial charge >= 0.3 is 5.97 Å². The molecule has 2 heterocycles. The predicted octanol–water partition coefficient (Wildman–Crippen LogP) is 5.55. The topological polar surface area (TPSA) is 59.4 Å². The lowest BCUT2D eigenvalue weighted by Gasteiger charge is -2.36. The number of esters is 1. The van der Waals surface area contributed by atoms with Gasteiger partial charge in [0.1, 0.15) is 10.7 Å². The Morgan fingerprint density at radius 1 is 1.15 bits per heavy atom. The Labute approximate surface area is 169 Å². The third kappa shape index (κ3) is 3.36. The third-order valence-electron chi connectivity index (χ3n) is 4.27. The molecule has 1 aliphatic rings. The predicted molar refractivity (Wildman–Crippen MR) is 107 cm³/mol. The van der Waals surface area contributed by atoms with Gasteiger partial charge in [-0.1, -0.05) is 65.8 Å². The molecule has 2 aromatic carbocycles. The van der Waals surface area contributed by atoms with Crippen LogP contribution in [0.3, 0.4) is 0 Å². The molecule has 0 saturated heterocycles. The van der Waals surface area contributed by atoms with E-state index in [0.717, 1.165) is 17.3 Å². The van der Waals surface area contributed by atoms with E-state index < -0.39 is 11.6 Å². The zero-order valence-electron chi connectivity index (χ0n) is 14.0. The molecule has 0 aliphatic carbocycles. The number of ether oxygens (including phenoxy) is 1. The standard InChI is InChI=1S/C20H14ClNO3S2/c21-14-8-4-5-9-16(14)27-18-15(23)10-20(25-19(18)24,17-11-26-12-22-17)13-6-2-1-3-7-13/h1-9,11-12,23H,10H2. The summed E-state index contributed by atoms with van der Waals surface area (Å²) < 4.78 is 5.92. The fraction of sp³-hybridized carbons (Fsp3) is 0.100. The number of hydrogen-bond acceptors (Lipinski definition) is 6. The van der Waals surface area contributed by atoms with Crippen LogP contribution in [0.4, 0.5) is 0 Å². The monoisotopic (exact) mass is 415 g/mol. The maximum Gasteiger partial charge on any atom is 0.349 e. The van der Waals surface area contributed by atoms with Gasteiger partial charge in [-0.2, -0.15) is 0 Å². The number of hydrogen-bond donors (Lipinski definition) is 1. The van der Waals surface area contributed by atoms with Gasteiger partial charge in [0.05, 0.1) is 22.6 Å². The first-order chi connectivity index (χ1) is 13.1. The van der Waals surface area contributed by atoms with E-state index >= 15 is 0 Å². The average molecular weight is 416 g/mol. The second-order valence-electron chi connectivity index (χ2n) is 5.94. The molecule has 4 rings (SSSR count). The lowest BCUT2D eigenvalue weighted by atomic mass is 9.85. The van der Waals surface area contributed by atoms with Crippen molar-refractivity contribution in [3.8, 4) is 0 Å². The fourth-order valence-corrected chi connectivity index (χ4v) is 4.70. The molecule has 0 spiro atoms. The Balaban J connectivity index is 1.77. The van der Waals surface area contributed by atoms with Gasteiger partial charge in [0.2, 0.25) is 0 Å². The Morgan fingerprint density at radius 2 is 1.89 bits per heavy atom. The quantitative estimate of drug-likeness (QED) is 0.566. The summed E-state index contributed by atoms with van der Waals surface area (Å²) >= 11 is 8.70. The smallest absolute Gasteiger partial charge is 0.349 e. The number of aromatic nitrogens is 1. The summed E-state index contributed by atoms with van der Waals surface area (Å²) in [7, 11) is 0. The number of carbonyl (C=O) groups is 1. The van der Waals surface area contributed by atoms with E-state index in [2.05, 4.69) is 4.98 Å². The summed E-state index contributed by atoms with van der Waals surface area (Å²) in [4.78, 5) is 18.1. The number of thiazole rings is 1. The van der Waals surface area contributed by atoms with Crippen molar-refractivity contribution in [2.45, 2.75) is 16.9 Å². The summed E-state index contributed by atoms with van der Waals surface area (Å²) in [5.41, 5.74) is 1.90. The highest BCUT2D eigenvalue weighted by Crippen LogP contribution is 2.46. The Morgan fingerprint density at radius 3 is 2.56 bits per heavy atom. The minimum absolute atomic E-state index is 0.0342. The number of aliphatic hydroxyl groups is 1. The molecule has 1 unspecified atom stereocenters. The summed E-state index contributed by atoms with van der Waals surface area (Å²) in [6.45, 7) is 0. The van der Waals surface area contributed by atoms with Gasteiger partial charge in [-0.3, -0.25) is 0 Å². The van der Waals surface area contributed by atoms with Gasteiger partial charge in [-0.15, -0.1) is 11.3 Å². The molecular weight excluding hydrogens is 402 g/mol. The van der Waals surface area contributed by atoms with Crippen molar-refractivity contribution in [1.29, 1.82) is 0 Å². The maximum atomic E-state index is 12.9. The first-order valence-electron chi connectivity index (χ1n) is 8.12. The highest BCUT2D eigenvalue weighted by atomic mass is 35.5. The van der Waals surface area contributed by atoms with Crippen LogP contribution >= 0.6 is 34.7 Å². The molecule has 0 amide bonds. The van der Waals surface area contributed by atoms with E-state index in [4.69, 9.17) is 16.3 Å². The minimum atomic E-state index is -1.15. The molecule has 136 valence electrons. The number of nitrogens with zero attached hydrogens (tertiary/aromatic N) is 1. The van der Waals surface area contributed by atoms with Crippen LogP contribution in [0.5, 0.6) is 0 Å². The van der Waals surface area contributed by atoms with Crippen LogP contribution in [0, 0.1) is 0 Å². The molecule has 0 bridgehead atoms. The van der Waals surface area contributed by atoms with Gasteiger partial charge in [0.15, 0.2) is 5.60 Å². The fourth-order valence-electron chi connectivity index (χ4n) is 2.98.